The summed E-state index contributed by atoms with van der Waals surface area (Å²) in [5.74, 6) is -2.32. The van der Waals surface area contributed by atoms with Gasteiger partial charge in [-0.15, -0.1) is 0 Å². The minimum Gasteiger partial charge on any atom is -0.370 e. The number of carbonyl (C=O) groups excluding carboxylic acids is 8. The molecule has 4 aromatic carbocycles. The summed E-state index contributed by atoms with van der Waals surface area (Å²) in [6, 6.07) is 26.1. The molecular formula is C61H71N10O12P. The molecule has 4 aliphatic rings. The lowest BCUT2D eigenvalue weighted by Gasteiger charge is -2.39. The Labute approximate surface area is 484 Å². The van der Waals surface area contributed by atoms with Crippen LogP contribution < -0.4 is 32.7 Å². The summed E-state index contributed by atoms with van der Waals surface area (Å²) in [6.45, 7) is 0.622. The van der Waals surface area contributed by atoms with Gasteiger partial charge in [0.15, 0.2) is 0 Å². The molecular weight excluding hydrogens is 1100 g/mol. The standard InChI is InChI=1S/C61H71N10O12P/c1-68-51-33-40(20-24-48(51)71(61(68)80)50-26-28-53(73)66-59(50)78)37-17-15-36(16-18-37)9-8-14-54(74)69-30-29-44-21-25-49(70(44)35-43(34-69)63-57(76)47-32-42-31-41(19-22-45(42)64-47)60(79)84(81,82)83)58(77)65-46(23-27-52(62)72)56(75)67-55(38-10-4-2-5-11-38)39-12-6-3-7-13-39/h2-7,10-13,19-20,22,24,31-33,36-37,43-44,46,49-50,55,64H,8-9,14-18,21,23,25-30,34-35H2,1H3,(H2,62,72)(H,63,76)(H,65,77)(H,67,75)(H,66,73,78)(H2,81,82,83)/t36?,37?,43-,44+,46?,49-,50?/m0/s1. The van der Waals surface area contributed by atoms with Gasteiger partial charge in [0.1, 0.15) is 17.8 Å². The van der Waals surface area contributed by atoms with E-state index in [0.717, 1.165) is 54.3 Å². The van der Waals surface area contributed by atoms with E-state index in [1.807, 2.05) is 83.8 Å². The molecule has 1 saturated carbocycles. The lowest BCUT2D eigenvalue weighted by atomic mass is 9.77. The number of H-pyrrole nitrogens is 1. The number of imide groups is 1. The molecule has 84 heavy (non-hydrogen) atoms. The Kier molecular flexibility index (Phi) is 17.9. The normalized spacial score (nSPS) is 21.7. The van der Waals surface area contributed by atoms with E-state index >= 15 is 0 Å². The van der Waals surface area contributed by atoms with E-state index in [2.05, 4.69) is 26.3 Å². The highest BCUT2D eigenvalue weighted by Crippen LogP contribution is 2.41. The maximum atomic E-state index is 14.6. The molecule has 442 valence electrons. The van der Waals surface area contributed by atoms with Crippen LogP contribution in [0.3, 0.4) is 0 Å². The van der Waals surface area contributed by atoms with Gasteiger partial charge in [-0.2, -0.15) is 0 Å². The summed E-state index contributed by atoms with van der Waals surface area (Å²) >= 11 is 0. The van der Waals surface area contributed by atoms with Gasteiger partial charge in [0.05, 0.1) is 29.2 Å². The number of piperidine rings is 1. The van der Waals surface area contributed by atoms with Crippen molar-refractivity contribution in [3.63, 3.8) is 0 Å². The van der Waals surface area contributed by atoms with Crippen molar-refractivity contribution in [3.05, 3.63) is 142 Å². The van der Waals surface area contributed by atoms with Gasteiger partial charge in [-0.1, -0.05) is 66.7 Å². The smallest absolute Gasteiger partial charge is 0.370 e. The Morgan fingerprint density at radius 2 is 1.49 bits per heavy atom. The molecule has 22 nitrogen and oxygen atoms in total. The monoisotopic (exact) mass is 1170 g/mol. The second-order valence-electron chi connectivity index (χ2n) is 22.9. The number of aryl methyl sites for hydroxylation is 1. The van der Waals surface area contributed by atoms with Crippen LogP contribution in [0.1, 0.15) is 145 Å². The van der Waals surface area contributed by atoms with Crippen molar-refractivity contribution in [2.45, 2.75) is 132 Å². The number of hydrogen-bond acceptors (Lipinski definition) is 11. The number of nitrogens with two attached hydrogens (primary N) is 1. The molecule has 2 aromatic heterocycles. The first-order valence-electron chi connectivity index (χ1n) is 28.9. The fourth-order valence-electron chi connectivity index (χ4n) is 13.0. The number of rotatable bonds is 19. The van der Waals surface area contributed by atoms with Gasteiger partial charge in [-0.25, -0.2) is 4.79 Å². The van der Waals surface area contributed by atoms with Crippen LogP contribution in [0, 0.1) is 5.92 Å². The van der Waals surface area contributed by atoms with Crippen molar-refractivity contribution < 1.29 is 52.7 Å². The van der Waals surface area contributed by atoms with E-state index in [9.17, 15) is 57.5 Å². The van der Waals surface area contributed by atoms with Gasteiger partial charge in [0.25, 0.3) is 11.4 Å². The second-order valence-corrected chi connectivity index (χ2v) is 24.4. The van der Waals surface area contributed by atoms with Crippen molar-refractivity contribution in [2.75, 3.05) is 19.6 Å². The molecule has 10 rings (SSSR count). The van der Waals surface area contributed by atoms with Gasteiger partial charge >= 0.3 is 13.3 Å². The van der Waals surface area contributed by atoms with Crippen LogP contribution in [0.15, 0.2) is 108 Å². The Bertz CT molecular complexity index is 3570. The quantitative estimate of drug-likeness (QED) is 0.0388. The van der Waals surface area contributed by atoms with Crippen LogP contribution in [0.5, 0.6) is 0 Å². The molecule has 0 spiro atoms. The highest BCUT2D eigenvalue weighted by Gasteiger charge is 2.43. The number of primary amides is 1. The van der Waals surface area contributed by atoms with E-state index in [-0.39, 0.29) is 85.9 Å². The zero-order chi connectivity index (χ0) is 59.4. The number of amides is 7. The number of benzene rings is 4. The van der Waals surface area contributed by atoms with Gasteiger partial charge in [0.2, 0.25) is 35.4 Å². The SMILES string of the molecule is Cn1c(=O)n(C2CCC(=O)NC2=O)c2ccc(C3CCC(CCCC(=O)N4CC[C@H]5CC[C@@H](C(=O)NC(CCC(N)=O)C(=O)NC(c6ccccc6)c6ccccc6)N5C[C@@H](NC(=O)c5cc6cc(C(=O)P(=O)(O)O)ccc6[nH]5)C4)CC3)cc21. The Balaban J connectivity index is 0.810. The summed E-state index contributed by atoms with van der Waals surface area (Å²) in [5.41, 5.74) is 8.36. The van der Waals surface area contributed by atoms with E-state index in [0.29, 0.717) is 54.6 Å². The molecule has 7 amide bonds. The molecule has 0 bridgehead atoms. The van der Waals surface area contributed by atoms with Gasteiger partial charge in [-0.05, 0) is 136 Å². The lowest BCUT2D eigenvalue weighted by Crippen LogP contribution is -2.59. The molecule has 2 unspecified atom stereocenters. The average Bonchev–Trinajstić information content (AvgIpc) is 2.75. The molecule has 3 aliphatic heterocycles. The third-order valence-corrected chi connectivity index (χ3v) is 18.2. The molecule has 4 fully saturated rings. The van der Waals surface area contributed by atoms with Crippen molar-refractivity contribution in [3.8, 4) is 0 Å². The zero-order valence-electron chi connectivity index (χ0n) is 46.7. The van der Waals surface area contributed by atoms with E-state index < -0.39 is 72.9 Å². The van der Waals surface area contributed by atoms with Crippen LogP contribution in [0.25, 0.3) is 21.9 Å². The molecule has 5 atom stereocenters. The summed E-state index contributed by atoms with van der Waals surface area (Å²) in [7, 11) is -3.39. The first-order valence-corrected chi connectivity index (χ1v) is 30.5. The van der Waals surface area contributed by atoms with Crippen LogP contribution >= 0.6 is 7.60 Å². The third kappa shape index (κ3) is 13.3. The number of hydrogen-bond donors (Lipinski definition) is 8. The number of nitrogens with zero attached hydrogens (tertiary/aromatic N) is 4. The second kappa shape index (κ2) is 25.4. The van der Waals surface area contributed by atoms with Crippen LogP contribution in [0.4, 0.5) is 0 Å². The Morgan fingerprint density at radius 3 is 2.17 bits per heavy atom. The van der Waals surface area contributed by atoms with E-state index in [1.165, 1.54) is 28.8 Å². The number of aromatic amines is 1. The van der Waals surface area contributed by atoms with Gasteiger partial charge < -0.3 is 41.4 Å². The summed E-state index contributed by atoms with van der Waals surface area (Å²) in [5, 5.41) is 11.9. The third-order valence-electron chi connectivity index (χ3n) is 17.4. The largest absolute Gasteiger partial charge is 0.396 e. The molecule has 3 saturated heterocycles. The summed E-state index contributed by atoms with van der Waals surface area (Å²) < 4.78 is 14.8. The molecule has 9 N–H and O–H groups in total. The predicted molar refractivity (Wildman–Crippen MR) is 311 cm³/mol. The molecule has 1 aliphatic carbocycles. The van der Waals surface area contributed by atoms with Crippen LogP contribution in [-0.4, -0.2) is 124 Å². The predicted octanol–water partition coefficient (Wildman–Crippen LogP) is 5.08. The number of carbonyl (C=O) groups is 8. The molecule has 0 radical (unpaired) electrons. The average molecular weight is 1170 g/mol. The summed E-state index contributed by atoms with van der Waals surface area (Å²) in [4.78, 5) is 146. The number of nitrogens with one attached hydrogen (secondary N) is 5. The molecule has 5 heterocycles. The fourth-order valence-corrected chi connectivity index (χ4v) is 13.5. The molecule has 23 heteroatoms. The molecule has 6 aromatic rings. The van der Waals surface area contributed by atoms with Gasteiger partial charge in [-0.3, -0.25) is 62.3 Å². The van der Waals surface area contributed by atoms with Crippen LogP contribution in [0.2, 0.25) is 0 Å². The minimum atomic E-state index is -5.08. The van der Waals surface area contributed by atoms with Crippen molar-refractivity contribution >= 4 is 76.4 Å². The first-order chi connectivity index (χ1) is 40.3. The summed E-state index contributed by atoms with van der Waals surface area (Å²) in [6.07, 6.45) is 7.34. The lowest BCUT2D eigenvalue weighted by molar-refractivity contribution is -0.136. The maximum Gasteiger partial charge on any atom is 0.396 e. The van der Waals surface area contributed by atoms with Crippen molar-refractivity contribution in [1.29, 1.82) is 0 Å². The zero-order valence-corrected chi connectivity index (χ0v) is 47.6. The highest BCUT2D eigenvalue weighted by molar-refractivity contribution is 7.70. The van der Waals surface area contributed by atoms with Gasteiger partial charge in [0, 0.05) is 68.5 Å². The van der Waals surface area contributed by atoms with E-state index in [1.54, 1.807) is 16.5 Å². The highest BCUT2D eigenvalue weighted by atomic mass is 31.2. The first kappa shape index (κ1) is 59.1. The Morgan fingerprint density at radius 1 is 0.774 bits per heavy atom. The maximum absolute atomic E-state index is 14.6. The topological polar surface area (TPSA) is 317 Å². The minimum absolute atomic E-state index is 0.0525. The fraction of sp³-hybridized carbons (Fsp3) is 0.426. The Hall–Kier alpha value is -8.04. The van der Waals surface area contributed by atoms with E-state index in [4.69, 9.17) is 5.73 Å². The number of imidazole rings is 1. The van der Waals surface area contributed by atoms with Crippen molar-refractivity contribution in [1.82, 2.24) is 45.2 Å². The van der Waals surface area contributed by atoms with Crippen molar-refractivity contribution in [2.24, 2.45) is 18.7 Å². The number of fused-ring (bicyclic) bond motifs is 3. The number of aromatic nitrogens is 3. The van der Waals surface area contributed by atoms with Crippen LogP contribution in [-0.2, 0) is 40.4 Å².